The Balaban J connectivity index is 1.95. The molecule has 0 saturated carbocycles. The van der Waals surface area contributed by atoms with E-state index < -0.39 is 0 Å². The molecule has 1 aliphatic heterocycles. The molecule has 1 aromatic rings. The van der Waals surface area contributed by atoms with Crippen molar-refractivity contribution in [2.75, 3.05) is 25.5 Å². The van der Waals surface area contributed by atoms with Crippen LogP contribution in [-0.2, 0) is 9.53 Å². The first kappa shape index (κ1) is 14.8. The van der Waals surface area contributed by atoms with Crippen molar-refractivity contribution in [1.82, 2.24) is 4.90 Å². The average molecular weight is 341 g/mol. The van der Waals surface area contributed by atoms with E-state index in [1.165, 1.54) is 7.11 Å². The van der Waals surface area contributed by atoms with Gasteiger partial charge in [0, 0.05) is 23.2 Å². The second kappa shape index (κ2) is 6.74. The lowest BCUT2D eigenvalue weighted by Gasteiger charge is -2.30. The van der Waals surface area contributed by atoms with E-state index in [1.54, 1.807) is 4.90 Å². The van der Waals surface area contributed by atoms with E-state index in [4.69, 9.17) is 4.74 Å². The zero-order chi connectivity index (χ0) is 14.5. The zero-order valence-electron chi connectivity index (χ0n) is 11.3. The molecule has 1 fully saturated rings. The fourth-order valence-electron chi connectivity index (χ4n) is 2.26. The third-order valence-electron chi connectivity index (χ3n) is 3.34. The molecule has 0 aromatic heterocycles. The molecule has 1 heterocycles. The fourth-order valence-corrected chi connectivity index (χ4v) is 2.53. The van der Waals surface area contributed by atoms with Gasteiger partial charge in [0.25, 0.3) is 0 Å². The maximum atomic E-state index is 12.2. The van der Waals surface area contributed by atoms with Crippen molar-refractivity contribution in [3.8, 4) is 0 Å². The van der Waals surface area contributed by atoms with Gasteiger partial charge in [0.05, 0.1) is 13.0 Å². The number of hydrogen-bond acceptors (Lipinski definition) is 3. The molecule has 2 amide bonds. The molecule has 1 N–H and O–H groups in total. The Labute approximate surface area is 126 Å². The maximum absolute atomic E-state index is 12.2. The number of likely N-dealkylation sites (tertiary alicyclic amines) is 1. The number of hydrogen-bond donors (Lipinski definition) is 1. The lowest BCUT2D eigenvalue weighted by Crippen LogP contribution is -2.43. The molecule has 1 aromatic carbocycles. The first-order valence-electron chi connectivity index (χ1n) is 6.49. The van der Waals surface area contributed by atoms with E-state index in [0.29, 0.717) is 13.1 Å². The van der Waals surface area contributed by atoms with Gasteiger partial charge in [0.15, 0.2) is 0 Å². The van der Waals surface area contributed by atoms with E-state index in [1.807, 2.05) is 24.3 Å². The lowest BCUT2D eigenvalue weighted by atomic mass is 9.97. The Morgan fingerprint density at radius 2 is 2.05 bits per heavy atom. The molecular formula is C14H17BrN2O3. The van der Waals surface area contributed by atoms with Crippen molar-refractivity contribution in [1.29, 1.82) is 0 Å². The third kappa shape index (κ3) is 3.72. The highest BCUT2D eigenvalue weighted by atomic mass is 79.9. The Morgan fingerprint density at radius 3 is 2.70 bits per heavy atom. The number of benzene rings is 1. The highest BCUT2D eigenvalue weighted by Crippen LogP contribution is 2.20. The van der Waals surface area contributed by atoms with Crippen LogP contribution in [0.4, 0.5) is 10.5 Å². The van der Waals surface area contributed by atoms with Gasteiger partial charge in [-0.05, 0) is 37.1 Å². The second-order valence-corrected chi connectivity index (χ2v) is 5.67. The van der Waals surface area contributed by atoms with Crippen LogP contribution in [0.5, 0.6) is 0 Å². The van der Waals surface area contributed by atoms with Gasteiger partial charge >= 0.3 is 6.09 Å². The van der Waals surface area contributed by atoms with Gasteiger partial charge < -0.3 is 15.0 Å². The van der Waals surface area contributed by atoms with Crippen LogP contribution in [0.2, 0.25) is 0 Å². The van der Waals surface area contributed by atoms with E-state index in [2.05, 4.69) is 21.2 Å². The minimum absolute atomic E-state index is 0.0547. The maximum Gasteiger partial charge on any atom is 0.409 e. The number of halogens is 1. The van der Waals surface area contributed by atoms with Gasteiger partial charge in [0.2, 0.25) is 5.91 Å². The van der Waals surface area contributed by atoms with Gasteiger partial charge in [0.1, 0.15) is 0 Å². The molecule has 2 rings (SSSR count). The van der Waals surface area contributed by atoms with Crippen LogP contribution in [0.15, 0.2) is 28.7 Å². The van der Waals surface area contributed by atoms with Crippen molar-refractivity contribution < 1.29 is 14.3 Å². The first-order chi connectivity index (χ1) is 9.60. The number of carbonyl (C=O) groups is 2. The molecule has 108 valence electrons. The minimum atomic E-state index is -0.369. The SMILES string of the molecule is COC(=O)N1CCCC(C(=O)Nc2ccc(Br)cc2)C1. The number of nitrogens with one attached hydrogen (secondary N) is 1. The second-order valence-electron chi connectivity index (χ2n) is 4.75. The van der Waals surface area contributed by atoms with Crippen LogP contribution in [0.3, 0.4) is 0 Å². The molecule has 1 aliphatic rings. The summed E-state index contributed by atoms with van der Waals surface area (Å²) in [6.07, 6.45) is 1.23. The average Bonchev–Trinajstić information content (AvgIpc) is 2.49. The van der Waals surface area contributed by atoms with Crippen molar-refractivity contribution in [3.63, 3.8) is 0 Å². The van der Waals surface area contributed by atoms with Crippen molar-refractivity contribution in [2.24, 2.45) is 5.92 Å². The van der Waals surface area contributed by atoms with Crippen LogP contribution in [0.1, 0.15) is 12.8 Å². The highest BCUT2D eigenvalue weighted by Gasteiger charge is 2.28. The van der Waals surface area contributed by atoms with Crippen LogP contribution in [-0.4, -0.2) is 37.1 Å². The molecule has 0 spiro atoms. The van der Waals surface area contributed by atoms with Crippen LogP contribution in [0.25, 0.3) is 0 Å². The molecule has 5 nitrogen and oxygen atoms in total. The fraction of sp³-hybridized carbons (Fsp3) is 0.429. The van der Waals surface area contributed by atoms with Crippen molar-refractivity contribution >= 4 is 33.6 Å². The molecule has 1 unspecified atom stereocenters. The minimum Gasteiger partial charge on any atom is -0.453 e. The van der Waals surface area contributed by atoms with E-state index in [-0.39, 0.29) is 17.9 Å². The summed E-state index contributed by atoms with van der Waals surface area (Å²) in [6.45, 7) is 1.06. The number of ether oxygens (including phenoxy) is 1. The van der Waals surface area contributed by atoms with Crippen LogP contribution in [0, 0.1) is 5.92 Å². The number of methoxy groups -OCH3 is 1. The summed E-state index contributed by atoms with van der Waals surface area (Å²) in [5, 5.41) is 2.88. The number of carbonyl (C=O) groups excluding carboxylic acids is 2. The summed E-state index contributed by atoms with van der Waals surface area (Å²) in [7, 11) is 1.36. The molecule has 0 bridgehead atoms. The molecule has 1 atom stereocenters. The topological polar surface area (TPSA) is 58.6 Å². The van der Waals surface area contributed by atoms with Crippen LogP contribution >= 0.6 is 15.9 Å². The molecule has 6 heteroatoms. The zero-order valence-corrected chi connectivity index (χ0v) is 12.9. The standard InChI is InChI=1S/C14H17BrN2O3/c1-20-14(19)17-8-2-3-10(9-17)13(18)16-12-6-4-11(15)5-7-12/h4-7,10H,2-3,8-9H2,1H3,(H,16,18). The normalized spacial score (nSPS) is 18.5. The van der Waals surface area contributed by atoms with Crippen LogP contribution < -0.4 is 5.32 Å². The molecule has 1 saturated heterocycles. The molecule has 0 radical (unpaired) electrons. The van der Waals surface area contributed by atoms with E-state index in [0.717, 1.165) is 23.0 Å². The van der Waals surface area contributed by atoms with Crippen molar-refractivity contribution in [3.05, 3.63) is 28.7 Å². The number of anilines is 1. The van der Waals surface area contributed by atoms with Gasteiger partial charge in [-0.25, -0.2) is 4.79 Å². The van der Waals surface area contributed by atoms with E-state index >= 15 is 0 Å². The Bertz CT molecular complexity index is 490. The highest BCUT2D eigenvalue weighted by molar-refractivity contribution is 9.10. The predicted octanol–water partition coefficient (Wildman–Crippen LogP) is 2.87. The Hall–Kier alpha value is -1.56. The summed E-state index contributed by atoms with van der Waals surface area (Å²) in [5.41, 5.74) is 0.758. The van der Waals surface area contributed by atoms with Gasteiger partial charge in [-0.15, -0.1) is 0 Å². The van der Waals surface area contributed by atoms with Crippen molar-refractivity contribution in [2.45, 2.75) is 12.8 Å². The number of piperidine rings is 1. The Morgan fingerprint density at radius 1 is 1.35 bits per heavy atom. The monoisotopic (exact) mass is 340 g/mol. The van der Waals surface area contributed by atoms with Gasteiger partial charge in [-0.1, -0.05) is 15.9 Å². The molecular weight excluding hydrogens is 324 g/mol. The number of nitrogens with zero attached hydrogens (tertiary/aromatic N) is 1. The predicted molar refractivity (Wildman–Crippen MR) is 79.5 cm³/mol. The largest absolute Gasteiger partial charge is 0.453 e. The third-order valence-corrected chi connectivity index (χ3v) is 3.87. The van der Waals surface area contributed by atoms with E-state index in [9.17, 15) is 9.59 Å². The first-order valence-corrected chi connectivity index (χ1v) is 7.29. The quantitative estimate of drug-likeness (QED) is 0.900. The summed E-state index contributed by atoms with van der Waals surface area (Å²) in [4.78, 5) is 25.3. The summed E-state index contributed by atoms with van der Waals surface area (Å²) in [6, 6.07) is 7.42. The molecule has 20 heavy (non-hydrogen) atoms. The summed E-state index contributed by atoms with van der Waals surface area (Å²) in [5.74, 6) is -0.243. The smallest absolute Gasteiger partial charge is 0.409 e. The Kier molecular flexibility index (Phi) is 5.00. The molecule has 0 aliphatic carbocycles. The van der Waals surface area contributed by atoms with Gasteiger partial charge in [-0.3, -0.25) is 4.79 Å². The summed E-state index contributed by atoms with van der Waals surface area (Å²) < 4.78 is 5.66. The summed E-state index contributed by atoms with van der Waals surface area (Å²) >= 11 is 3.35. The number of rotatable bonds is 2. The number of amides is 2. The van der Waals surface area contributed by atoms with Gasteiger partial charge in [-0.2, -0.15) is 0 Å². The lowest BCUT2D eigenvalue weighted by molar-refractivity contribution is -0.121.